The van der Waals surface area contributed by atoms with Crippen molar-refractivity contribution in [2.45, 2.75) is 6.92 Å². The zero-order valence-corrected chi connectivity index (χ0v) is 8.13. The zero-order chi connectivity index (χ0) is 10.3. The first-order chi connectivity index (χ1) is 6.59. The first-order valence-corrected chi connectivity index (χ1v) is 4.38. The van der Waals surface area contributed by atoms with Crippen LogP contribution < -0.4 is 0 Å². The highest BCUT2D eigenvalue weighted by atomic mass is 35.5. The third-order valence-corrected chi connectivity index (χ3v) is 2.30. The highest BCUT2D eigenvalue weighted by Crippen LogP contribution is 2.29. The largest absolute Gasteiger partial charge is 0.478 e. The van der Waals surface area contributed by atoms with Crippen LogP contribution in [0.25, 0.3) is 11.0 Å². The first kappa shape index (κ1) is 9.09. The average Bonchev–Trinajstić information content (AvgIpc) is 2.47. The highest BCUT2D eigenvalue weighted by molar-refractivity contribution is 6.36. The standard InChI is InChI=1S/C10H7ClO3/c1-5-2-7(11)9-6(10(12)13)4-14-8(9)3-5/h2-4H,1H3,(H,12,13). The molecule has 1 heterocycles. The van der Waals surface area contributed by atoms with Crippen LogP contribution in [0.2, 0.25) is 5.02 Å². The summed E-state index contributed by atoms with van der Waals surface area (Å²) in [6, 6.07) is 3.47. The third kappa shape index (κ3) is 1.26. The van der Waals surface area contributed by atoms with Crippen LogP contribution in [0.3, 0.4) is 0 Å². The molecule has 72 valence electrons. The second kappa shape index (κ2) is 3.03. The second-order valence-corrected chi connectivity index (χ2v) is 3.48. The van der Waals surface area contributed by atoms with Gasteiger partial charge in [-0.2, -0.15) is 0 Å². The van der Waals surface area contributed by atoms with E-state index < -0.39 is 5.97 Å². The number of hydrogen-bond acceptors (Lipinski definition) is 2. The molecular formula is C10H7ClO3. The molecule has 3 nitrogen and oxygen atoms in total. The van der Waals surface area contributed by atoms with Crippen LogP contribution in [0.1, 0.15) is 15.9 Å². The molecule has 0 saturated carbocycles. The van der Waals surface area contributed by atoms with Crippen molar-refractivity contribution in [1.82, 2.24) is 0 Å². The van der Waals surface area contributed by atoms with Crippen LogP contribution >= 0.6 is 11.6 Å². The van der Waals surface area contributed by atoms with E-state index in [9.17, 15) is 4.79 Å². The highest BCUT2D eigenvalue weighted by Gasteiger charge is 2.15. The van der Waals surface area contributed by atoms with Crippen molar-refractivity contribution in [2.75, 3.05) is 0 Å². The van der Waals surface area contributed by atoms with Crippen molar-refractivity contribution in [3.8, 4) is 0 Å². The second-order valence-electron chi connectivity index (χ2n) is 3.07. The molecular weight excluding hydrogens is 204 g/mol. The number of furan rings is 1. The topological polar surface area (TPSA) is 50.4 Å². The van der Waals surface area contributed by atoms with Crippen molar-refractivity contribution < 1.29 is 14.3 Å². The van der Waals surface area contributed by atoms with Crippen LogP contribution in [0, 0.1) is 6.92 Å². The Morgan fingerprint density at radius 2 is 2.21 bits per heavy atom. The minimum absolute atomic E-state index is 0.102. The summed E-state index contributed by atoms with van der Waals surface area (Å²) in [5.74, 6) is -1.03. The molecule has 0 bridgehead atoms. The molecule has 1 N–H and O–H groups in total. The normalized spacial score (nSPS) is 10.7. The van der Waals surface area contributed by atoms with E-state index in [1.807, 2.05) is 6.92 Å². The number of halogens is 1. The van der Waals surface area contributed by atoms with Crippen molar-refractivity contribution in [3.05, 3.63) is 34.5 Å². The minimum Gasteiger partial charge on any atom is -0.478 e. The van der Waals surface area contributed by atoms with E-state index in [2.05, 4.69) is 0 Å². The summed E-state index contributed by atoms with van der Waals surface area (Å²) in [7, 11) is 0. The Kier molecular flexibility index (Phi) is 1.97. The Morgan fingerprint density at radius 1 is 1.50 bits per heavy atom. The van der Waals surface area contributed by atoms with Crippen molar-refractivity contribution in [1.29, 1.82) is 0 Å². The van der Waals surface area contributed by atoms with E-state index in [1.165, 1.54) is 6.26 Å². The minimum atomic E-state index is -1.03. The predicted octanol–water partition coefficient (Wildman–Crippen LogP) is 3.09. The number of carboxylic acid groups (broad SMARTS) is 1. The fraction of sp³-hybridized carbons (Fsp3) is 0.100. The van der Waals surface area contributed by atoms with Crippen LogP contribution in [-0.2, 0) is 0 Å². The van der Waals surface area contributed by atoms with E-state index in [0.29, 0.717) is 16.0 Å². The van der Waals surface area contributed by atoms with Crippen LogP contribution in [-0.4, -0.2) is 11.1 Å². The van der Waals surface area contributed by atoms with Crippen LogP contribution in [0.15, 0.2) is 22.8 Å². The molecule has 0 unspecified atom stereocenters. The van der Waals surface area contributed by atoms with Crippen LogP contribution in [0.4, 0.5) is 0 Å². The molecule has 0 amide bonds. The quantitative estimate of drug-likeness (QED) is 0.787. The van der Waals surface area contributed by atoms with Crippen LogP contribution in [0.5, 0.6) is 0 Å². The monoisotopic (exact) mass is 210 g/mol. The van der Waals surface area contributed by atoms with Gasteiger partial charge in [-0.15, -0.1) is 0 Å². The first-order valence-electron chi connectivity index (χ1n) is 4.00. The number of carbonyl (C=O) groups is 1. The number of hydrogen-bond donors (Lipinski definition) is 1. The van der Waals surface area contributed by atoms with Crippen molar-refractivity contribution >= 4 is 28.5 Å². The van der Waals surface area contributed by atoms with Gasteiger partial charge in [0.2, 0.25) is 0 Å². The van der Waals surface area contributed by atoms with Gasteiger partial charge < -0.3 is 9.52 Å². The summed E-state index contributed by atoms with van der Waals surface area (Å²) >= 11 is 5.93. The van der Waals surface area contributed by atoms with E-state index in [-0.39, 0.29) is 5.56 Å². The molecule has 0 aliphatic carbocycles. The lowest BCUT2D eigenvalue weighted by Gasteiger charge is -1.96. The summed E-state index contributed by atoms with van der Waals surface area (Å²) in [6.45, 7) is 1.87. The third-order valence-electron chi connectivity index (χ3n) is 2.00. The number of carboxylic acids is 1. The maximum absolute atomic E-state index is 10.8. The summed E-state index contributed by atoms with van der Waals surface area (Å²) in [5, 5.41) is 9.72. The Bertz CT molecular complexity index is 513. The molecule has 0 spiro atoms. The Labute approximate surface area is 84.9 Å². The van der Waals surface area contributed by atoms with E-state index in [4.69, 9.17) is 21.1 Å². The van der Waals surface area contributed by atoms with Gasteiger partial charge in [0.25, 0.3) is 0 Å². The molecule has 1 aromatic carbocycles. The molecule has 1 aromatic heterocycles. The molecule has 2 rings (SSSR count). The van der Waals surface area contributed by atoms with Gasteiger partial charge in [-0.3, -0.25) is 0 Å². The number of rotatable bonds is 1. The maximum atomic E-state index is 10.8. The van der Waals surface area contributed by atoms with E-state index >= 15 is 0 Å². The molecule has 0 radical (unpaired) electrons. The molecule has 4 heteroatoms. The molecule has 0 aliphatic heterocycles. The molecule has 14 heavy (non-hydrogen) atoms. The lowest BCUT2D eigenvalue weighted by molar-refractivity contribution is 0.0698. The van der Waals surface area contributed by atoms with E-state index in [0.717, 1.165) is 5.56 Å². The molecule has 0 fully saturated rings. The molecule has 0 atom stereocenters. The number of fused-ring (bicyclic) bond motifs is 1. The summed E-state index contributed by atoms with van der Waals surface area (Å²) in [5.41, 5.74) is 1.55. The zero-order valence-electron chi connectivity index (χ0n) is 7.37. The van der Waals surface area contributed by atoms with Gasteiger partial charge in [-0.05, 0) is 24.6 Å². The summed E-state index contributed by atoms with van der Waals surface area (Å²) in [4.78, 5) is 10.8. The lowest BCUT2D eigenvalue weighted by atomic mass is 10.1. The fourth-order valence-electron chi connectivity index (χ4n) is 1.40. The van der Waals surface area contributed by atoms with Gasteiger partial charge in [0.05, 0.1) is 10.4 Å². The van der Waals surface area contributed by atoms with Gasteiger partial charge >= 0.3 is 5.97 Å². The molecule has 2 aromatic rings. The van der Waals surface area contributed by atoms with Gasteiger partial charge in [-0.1, -0.05) is 11.6 Å². The predicted molar refractivity (Wildman–Crippen MR) is 52.9 cm³/mol. The van der Waals surface area contributed by atoms with Gasteiger partial charge in [0, 0.05) is 0 Å². The summed E-state index contributed by atoms with van der Waals surface area (Å²) in [6.07, 6.45) is 1.21. The fourth-order valence-corrected chi connectivity index (χ4v) is 1.77. The molecule has 0 aliphatic rings. The van der Waals surface area contributed by atoms with Gasteiger partial charge in [0.1, 0.15) is 17.4 Å². The smallest absolute Gasteiger partial charge is 0.339 e. The Hall–Kier alpha value is -1.48. The van der Waals surface area contributed by atoms with Crippen molar-refractivity contribution in [2.24, 2.45) is 0 Å². The van der Waals surface area contributed by atoms with Gasteiger partial charge in [0.15, 0.2) is 0 Å². The Balaban J connectivity index is 2.85. The van der Waals surface area contributed by atoms with Gasteiger partial charge in [-0.25, -0.2) is 4.79 Å². The summed E-state index contributed by atoms with van der Waals surface area (Å²) < 4.78 is 5.11. The SMILES string of the molecule is Cc1cc(Cl)c2c(C(=O)O)coc2c1. The lowest BCUT2D eigenvalue weighted by Crippen LogP contribution is -1.93. The molecule has 0 saturated heterocycles. The number of aryl methyl sites for hydroxylation is 1. The maximum Gasteiger partial charge on any atom is 0.339 e. The number of benzene rings is 1. The van der Waals surface area contributed by atoms with E-state index in [1.54, 1.807) is 12.1 Å². The number of aromatic carboxylic acids is 1. The average molecular weight is 211 g/mol. The Morgan fingerprint density at radius 3 is 2.86 bits per heavy atom. The van der Waals surface area contributed by atoms with Crippen molar-refractivity contribution in [3.63, 3.8) is 0 Å².